The third-order valence-corrected chi connectivity index (χ3v) is 2.53. The number of halogens is 2. The van der Waals surface area contributed by atoms with Crippen LogP contribution in [0.3, 0.4) is 0 Å². The minimum atomic E-state index is -0.376. The van der Waals surface area contributed by atoms with Crippen molar-refractivity contribution in [3.05, 3.63) is 46.4 Å². The van der Waals surface area contributed by atoms with Crippen LogP contribution in [-0.2, 0) is 13.7 Å². The Balaban J connectivity index is 2.07. The van der Waals surface area contributed by atoms with Crippen molar-refractivity contribution in [2.24, 2.45) is 7.05 Å². The summed E-state index contributed by atoms with van der Waals surface area (Å²) in [5.41, 5.74) is 0.766. The smallest absolute Gasteiger partial charge is 0.165 e. The Morgan fingerprint density at radius 3 is 2.94 bits per heavy atom. The van der Waals surface area contributed by atoms with Crippen molar-refractivity contribution < 1.29 is 9.13 Å². The summed E-state index contributed by atoms with van der Waals surface area (Å²) in [4.78, 5) is 0. The molecule has 0 amide bonds. The van der Waals surface area contributed by atoms with E-state index < -0.39 is 0 Å². The maximum absolute atomic E-state index is 13.3. The maximum Gasteiger partial charge on any atom is 0.165 e. The first-order chi connectivity index (χ1) is 7.65. The lowest BCUT2D eigenvalue weighted by Gasteiger charge is -2.05. The zero-order valence-corrected chi connectivity index (χ0v) is 10.2. The molecular formula is C11H10BrFN2O. The van der Waals surface area contributed by atoms with Gasteiger partial charge in [0.25, 0.3) is 0 Å². The summed E-state index contributed by atoms with van der Waals surface area (Å²) in [6.07, 6.45) is 1.82. The summed E-state index contributed by atoms with van der Waals surface area (Å²) in [7, 11) is 1.82. The number of hydrogen-bond acceptors (Lipinski definition) is 2. The average Bonchev–Trinajstić information content (AvgIpc) is 2.66. The van der Waals surface area contributed by atoms with Crippen molar-refractivity contribution >= 4 is 15.9 Å². The Morgan fingerprint density at radius 2 is 2.25 bits per heavy atom. The summed E-state index contributed by atoms with van der Waals surface area (Å²) < 4.78 is 21.1. The van der Waals surface area contributed by atoms with E-state index in [0.717, 1.165) is 10.2 Å². The second-order valence-electron chi connectivity index (χ2n) is 3.34. The van der Waals surface area contributed by atoms with E-state index in [2.05, 4.69) is 21.0 Å². The lowest BCUT2D eigenvalue weighted by Crippen LogP contribution is -1.99. The van der Waals surface area contributed by atoms with Gasteiger partial charge in [0.2, 0.25) is 0 Å². The van der Waals surface area contributed by atoms with Gasteiger partial charge in [-0.3, -0.25) is 4.68 Å². The van der Waals surface area contributed by atoms with Crippen molar-refractivity contribution in [2.45, 2.75) is 6.61 Å². The van der Waals surface area contributed by atoms with E-state index >= 15 is 0 Å². The molecule has 0 saturated heterocycles. The molecule has 0 fully saturated rings. The highest BCUT2D eigenvalue weighted by Gasteiger charge is 2.05. The molecule has 0 aliphatic carbocycles. The van der Waals surface area contributed by atoms with Crippen LogP contribution < -0.4 is 4.74 Å². The van der Waals surface area contributed by atoms with Gasteiger partial charge in [-0.1, -0.05) is 15.9 Å². The first kappa shape index (κ1) is 11.1. The summed E-state index contributed by atoms with van der Waals surface area (Å²) in [6, 6.07) is 6.41. The van der Waals surface area contributed by atoms with Gasteiger partial charge in [0.15, 0.2) is 11.6 Å². The molecule has 0 aliphatic rings. The van der Waals surface area contributed by atoms with E-state index in [1.54, 1.807) is 16.8 Å². The molecule has 2 aromatic rings. The van der Waals surface area contributed by atoms with Crippen LogP contribution in [0, 0.1) is 5.82 Å². The van der Waals surface area contributed by atoms with Crippen LogP contribution in [-0.4, -0.2) is 9.78 Å². The zero-order valence-electron chi connectivity index (χ0n) is 8.65. The van der Waals surface area contributed by atoms with Gasteiger partial charge < -0.3 is 4.74 Å². The predicted molar refractivity (Wildman–Crippen MR) is 61.6 cm³/mol. The summed E-state index contributed by atoms with van der Waals surface area (Å²) in [5.74, 6) is -0.154. The highest BCUT2D eigenvalue weighted by Crippen LogP contribution is 2.22. The second kappa shape index (κ2) is 4.65. The van der Waals surface area contributed by atoms with Crippen LogP contribution in [0.1, 0.15) is 5.69 Å². The van der Waals surface area contributed by atoms with E-state index in [0.29, 0.717) is 0 Å². The molecule has 2 rings (SSSR count). The molecule has 3 nitrogen and oxygen atoms in total. The molecule has 0 radical (unpaired) electrons. The van der Waals surface area contributed by atoms with Crippen molar-refractivity contribution in [1.29, 1.82) is 0 Å². The normalized spacial score (nSPS) is 10.4. The predicted octanol–water partition coefficient (Wildman–Crippen LogP) is 2.90. The monoisotopic (exact) mass is 284 g/mol. The number of hydrogen-bond donors (Lipinski definition) is 0. The molecule has 5 heteroatoms. The quantitative estimate of drug-likeness (QED) is 0.867. The third-order valence-electron chi connectivity index (χ3n) is 2.04. The molecule has 1 heterocycles. The van der Waals surface area contributed by atoms with Gasteiger partial charge in [-0.25, -0.2) is 4.39 Å². The lowest BCUT2D eigenvalue weighted by molar-refractivity contribution is 0.284. The van der Waals surface area contributed by atoms with Crippen LogP contribution in [0.2, 0.25) is 0 Å². The largest absolute Gasteiger partial charge is 0.484 e. The number of ether oxygens (including phenoxy) is 1. The molecule has 16 heavy (non-hydrogen) atoms. The van der Waals surface area contributed by atoms with Gasteiger partial charge in [-0.2, -0.15) is 5.10 Å². The first-order valence-corrected chi connectivity index (χ1v) is 5.51. The van der Waals surface area contributed by atoms with Gasteiger partial charge in [0.05, 0.1) is 5.69 Å². The number of aryl methyl sites for hydroxylation is 1. The van der Waals surface area contributed by atoms with Gasteiger partial charge in [0.1, 0.15) is 6.61 Å². The van der Waals surface area contributed by atoms with Gasteiger partial charge >= 0.3 is 0 Å². The lowest BCUT2D eigenvalue weighted by atomic mass is 10.3. The van der Waals surface area contributed by atoms with E-state index in [1.165, 1.54) is 6.07 Å². The Kier molecular flexibility index (Phi) is 3.24. The molecule has 0 aliphatic heterocycles. The van der Waals surface area contributed by atoms with Gasteiger partial charge in [-0.15, -0.1) is 0 Å². The maximum atomic E-state index is 13.3. The van der Waals surface area contributed by atoms with Crippen molar-refractivity contribution in [2.75, 3.05) is 0 Å². The molecule has 0 N–H and O–H groups in total. The van der Waals surface area contributed by atoms with Crippen LogP contribution >= 0.6 is 15.9 Å². The number of nitrogens with zero attached hydrogens (tertiary/aromatic N) is 2. The zero-order chi connectivity index (χ0) is 11.5. The SMILES string of the molecule is Cn1ccc(COc2cc(Br)ccc2F)n1. The Labute approximate surface area is 101 Å². The fourth-order valence-corrected chi connectivity index (χ4v) is 1.62. The molecule has 0 unspecified atom stereocenters. The first-order valence-electron chi connectivity index (χ1n) is 4.71. The topological polar surface area (TPSA) is 27.1 Å². The van der Waals surface area contributed by atoms with Crippen LogP contribution in [0.15, 0.2) is 34.9 Å². The van der Waals surface area contributed by atoms with E-state index in [-0.39, 0.29) is 18.2 Å². The van der Waals surface area contributed by atoms with Gasteiger partial charge in [0, 0.05) is 17.7 Å². The highest BCUT2D eigenvalue weighted by atomic mass is 79.9. The Hall–Kier alpha value is -1.36. The molecular weight excluding hydrogens is 275 g/mol. The molecule has 0 spiro atoms. The number of rotatable bonds is 3. The fourth-order valence-electron chi connectivity index (χ4n) is 1.28. The second-order valence-corrected chi connectivity index (χ2v) is 4.26. The van der Waals surface area contributed by atoms with Crippen LogP contribution in [0.5, 0.6) is 5.75 Å². The van der Waals surface area contributed by atoms with Crippen molar-refractivity contribution in [3.63, 3.8) is 0 Å². The standard InChI is InChI=1S/C11H10BrFN2O/c1-15-5-4-9(14-15)7-16-11-6-8(12)2-3-10(11)13/h2-6H,7H2,1H3. The van der Waals surface area contributed by atoms with Crippen molar-refractivity contribution in [3.8, 4) is 5.75 Å². The summed E-state index contributed by atoms with van der Waals surface area (Å²) in [5, 5.41) is 4.14. The number of aromatic nitrogens is 2. The van der Waals surface area contributed by atoms with Crippen molar-refractivity contribution in [1.82, 2.24) is 9.78 Å². The van der Waals surface area contributed by atoms with E-state index in [4.69, 9.17) is 4.74 Å². The molecule has 1 aromatic heterocycles. The molecule has 0 bridgehead atoms. The Bertz CT molecular complexity index is 498. The number of benzene rings is 1. The van der Waals surface area contributed by atoms with Gasteiger partial charge in [-0.05, 0) is 24.3 Å². The Morgan fingerprint density at radius 1 is 1.44 bits per heavy atom. The summed E-state index contributed by atoms with van der Waals surface area (Å²) in [6.45, 7) is 0.258. The molecule has 1 aromatic carbocycles. The van der Waals surface area contributed by atoms with E-state index in [1.807, 2.05) is 19.3 Å². The minimum absolute atomic E-state index is 0.222. The summed E-state index contributed by atoms with van der Waals surface area (Å²) >= 11 is 3.26. The molecule has 84 valence electrons. The van der Waals surface area contributed by atoms with E-state index in [9.17, 15) is 4.39 Å². The minimum Gasteiger partial charge on any atom is -0.484 e. The average molecular weight is 285 g/mol. The molecule has 0 atom stereocenters. The molecule has 0 saturated carbocycles. The highest BCUT2D eigenvalue weighted by molar-refractivity contribution is 9.10. The fraction of sp³-hybridized carbons (Fsp3) is 0.182. The van der Waals surface area contributed by atoms with Crippen LogP contribution in [0.25, 0.3) is 0 Å². The third kappa shape index (κ3) is 2.61. The van der Waals surface area contributed by atoms with Crippen LogP contribution in [0.4, 0.5) is 4.39 Å².